The van der Waals surface area contributed by atoms with E-state index in [4.69, 9.17) is 16.3 Å². The molecule has 3 aliphatic carbocycles. The Morgan fingerprint density at radius 2 is 1.81 bits per heavy atom. The number of carbonyl (C=O) groups is 1. The van der Waals surface area contributed by atoms with Crippen LogP contribution in [0, 0.1) is 35.4 Å². The van der Waals surface area contributed by atoms with Crippen molar-refractivity contribution in [1.82, 2.24) is 0 Å². The third-order valence-corrected chi connectivity index (χ3v) is 7.76. The van der Waals surface area contributed by atoms with Crippen molar-refractivity contribution in [1.29, 1.82) is 0 Å². The maximum absolute atomic E-state index is 14.3. The summed E-state index contributed by atoms with van der Waals surface area (Å²) < 4.78 is 42.6. The highest BCUT2D eigenvalue weighted by Crippen LogP contribution is 2.60. The normalized spacial score (nSPS) is 31.9. The van der Waals surface area contributed by atoms with Crippen molar-refractivity contribution in [3.05, 3.63) is 28.5 Å². The molecule has 0 aliphatic heterocycles. The molecule has 4 nitrogen and oxygen atoms in total. The standard InChI is InChI=1S/C20H24ClFO4S/c1-27(24,25)10-19(23)16-7-17(21)20(8-18(16)22)26-9-11-4-14-12-2-3-13(6-12)15(14)5-11/h7-8,11-15H,2-6,9-10H2,1H3. The van der Waals surface area contributed by atoms with E-state index < -0.39 is 27.2 Å². The molecule has 0 aromatic heterocycles. The van der Waals surface area contributed by atoms with E-state index in [0.29, 0.717) is 12.5 Å². The van der Waals surface area contributed by atoms with E-state index in [1.807, 2.05) is 0 Å². The third-order valence-electron chi connectivity index (χ3n) is 6.68. The van der Waals surface area contributed by atoms with Crippen LogP contribution in [0.3, 0.4) is 0 Å². The largest absolute Gasteiger partial charge is 0.492 e. The monoisotopic (exact) mass is 414 g/mol. The zero-order valence-electron chi connectivity index (χ0n) is 15.3. The lowest BCUT2D eigenvalue weighted by atomic mass is 9.82. The predicted molar refractivity (Wildman–Crippen MR) is 101 cm³/mol. The fraction of sp³-hybridized carbons (Fsp3) is 0.650. The molecule has 1 aromatic carbocycles. The molecule has 2 bridgehead atoms. The van der Waals surface area contributed by atoms with Crippen LogP contribution in [0.15, 0.2) is 12.1 Å². The molecule has 3 aliphatic rings. The Morgan fingerprint density at radius 1 is 1.19 bits per heavy atom. The first-order valence-electron chi connectivity index (χ1n) is 9.54. The van der Waals surface area contributed by atoms with Crippen LogP contribution in [-0.2, 0) is 9.84 Å². The highest BCUT2D eigenvalue weighted by molar-refractivity contribution is 7.91. The molecule has 0 radical (unpaired) electrons. The van der Waals surface area contributed by atoms with Crippen molar-refractivity contribution >= 4 is 27.2 Å². The average molecular weight is 415 g/mol. The van der Waals surface area contributed by atoms with Crippen LogP contribution in [0.25, 0.3) is 0 Å². The molecule has 0 N–H and O–H groups in total. The van der Waals surface area contributed by atoms with E-state index in [9.17, 15) is 17.6 Å². The van der Waals surface area contributed by atoms with Gasteiger partial charge in [0, 0.05) is 12.3 Å². The van der Waals surface area contributed by atoms with E-state index in [1.165, 1.54) is 38.2 Å². The number of Topliss-reactive ketones (excluding diaryl/α,β-unsaturated/α-hetero) is 1. The minimum Gasteiger partial charge on any atom is -0.492 e. The fourth-order valence-electron chi connectivity index (χ4n) is 5.64. The van der Waals surface area contributed by atoms with Crippen LogP contribution in [0.5, 0.6) is 5.75 Å². The van der Waals surface area contributed by atoms with Gasteiger partial charge in [-0.2, -0.15) is 0 Å². The van der Waals surface area contributed by atoms with Crippen LogP contribution in [0.4, 0.5) is 4.39 Å². The Morgan fingerprint density at radius 3 is 2.41 bits per heavy atom. The number of benzene rings is 1. The van der Waals surface area contributed by atoms with Crippen molar-refractivity contribution in [3.8, 4) is 5.75 Å². The van der Waals surface area contributed by atoms with Crippen LogP contribution in [0.1, 0.15) is 42.5 Å². The van der Waals surface area contributed by atoms with Gasteiger partial charge in [-0.1, -0.05) is 11.6 Å². The number of ether oxygens (including phenoxy) is 1. The minimum atomic E-state index is -3.53. The van der Waals surface area contributed by atoms with E-state index in [-0.39, 0.29) is 16.3 Å². The molecular formula is C20H24ClFO4S. The molecule has 27 heavy (non-hydrogen) atoms. The van der Waals surface area contributed by atoms with E-state index in [1.54, 1.807) is 0 Å². The predicted octanol–water partition coefficient (Wildman–Crippen LogP) is 4.16. The van der Waals surface area contributed by atoms with Crippen molar-refractivity contribution in [3.63, 3.8) is 0 Å². The SMILES string of the molecule is CS(=O)(=O)CC(=O)c1cc(Cl)c(OCC2CC3C4CCC(C4)C3C2)cc1F. The highest BCUT2D eigenvalue weighted by Gasteiger charge is 2.51. The summed E-state index contributed by atoms with van der Waals surface area (Å²) in [6.07, 6.45) is 7.44. The maximum atomic E-state index is 14.3. The molecule has 4 atom stereocenters. The van der Waals surface area contributed by atoms with Gasteiger partial charge >= 0.3 is 0 Å². The number of halogens is 2. The number of ketones is 1. The molecule has 3 saturated carbocycles. The van der Waals surface area contributed by atoms with Crippen LogP contribution in [0.2, 0.25) is 5.02 Å². The average Bonchev–Trinajstić information content (AvgIpc) is 3.25. The topological polar surface area (TPSA) is 60.4 Å². The van der Waals surface area contributed by atoms with Crippen molar-refractivity contribution < 1.29 is 22.3 Å². The Hall–Kier alpha value is -1.14. The third kappa shape index (κ3) is 3.88. The number of carbonyl (C=O) groups excluding carboxylic acids is 1. The van der Waals surface area contributed by atoms with Gasteiger partial charge in [0.05, 0.1) is 17.2 Å². The molecular weight excluding hydrogens is 391 g/mol. The summed E-state index contributed by atoms with van der Waals surface area (Å²) in [4.78, 5) is 12.0. The van der Waals surface area contributed by atoms with Gasteiger partial charge in [-0.3, -0.25) is 4.79 Å². The number of hydrogen-bond acceptors (Lipinski definition) is 4. The molecule has 0 heterocycles. The highest BCUT2D eigenvalue weighted by atomic mass is 35.5. The fourth-order valence-corrected chi connectivity index (χ4v) is 6.49. The summed E-state index contributed by atoms with van der Waals surface area (Å²) in [7, 11) is -3.53. The van der Waals surface area contributed by atoms with Gasteiger partial charge in [-0.05, 0) is 67.8 Å². The van der Waals surface area contributed by atoms with E-state index >= 15 is 0 Å². The molecule has 0 amide bonds. The second kappa shape index (κ2) is 7.03. The molecule has 4 unspecified atom stereocenters. The van der Waals surface area contributed by atoms with Crippen LogP contribution >= 0.6 is 11.6 Å². The first-order chi connectivity index (χ1) is 12.7. The van der Waals surface area contributed by atoms with E-state index in [2.05, 4.69) is 0 Å². The molecule has 3 fully saturated rings. The quantitative estimate of drug-likeness (QED) is 0.656. The van der Waals surface area contributed by atoms with Gasteiger partial charge < -0.3 is 4.74 Å². The number of hydrogen-bond donors (Lipinski definition) is 0. The second-order valence-electron chi connectivity index (χ2n) is 8.57. The van der Waals surface area contributed by atoms with E-state index in [0.717, 1.165) is 36.0 Å². The Kier molecular flexibility index (Phi) is 5.00. The van der Waals surface area contributed by atoms with Gasteiger partial charge in [-0.15, -0.1) is 0 Å². The Bertz CT molecular complexity index is 851. The number of sulfone groups is 1. The van der Waals surface area contributed by atoms with Gasteiger partial charge in [0.15, 0.2) is 15.6 Å². The lowest BCUT2D eigenvalue weighted by Gasteiger charge is -2.23. The number of rotatable bonds is 6. The van der Waals surface area contributed by atoms with Gasteiger partial charge in [-0.25, -0.2) is 12.8 Å². The summed E-state index contributed by atoms with van der Waals surface area (Å²) in [6, 6.07) is 2.26. The first kappa shape index (κ1) is 19.2. The molecule has 0 saturated heterocycles. The van der Waals surface area contributed by atoms with Gasteiger partial charge in [0.2, 0.25) is 0 Å². The Balaban J connectivity index is 1.40. The molecule has 4 rings (SSSR count). The summed E-state index contributed by atoms with van der Waals surface area (Å²) >= 11 is 6.16. The Labute approximate surface area is 164 Å². The molecule has 148 valence electrons. The van der Waals surface area contributed by atoms with Crippen LogP contribution < -0.4 is 4.74 Å². The summed E-state index contributed by atoms with van der Waals surface area (Å²) in [6.45, 7) is 0.502. The lowest BCUT2D eigenvalue weighted by molar-refractivity contribution is 0.101. The lowest BCUT2D eigenvalue weighted by Crippen LogP contribution is -2.16. The van der Waals surface area contributed by atoms with Gasteiger partial charge in [0.1, 0.15) is 17.3 Å². The second-order valence-corrected chi connectivity index (χ2v) is 11.1. The smallest absolute Gasteiger partial charge is 0.180 e. The van der Waals surface area contributed by atoms with Crippen molar-refractivity contribution in [2.24, 2.45) is 29.6 Å². The summed E-state index contributed by atoms with van der Waals surface area (Å²) in [5.41, 5.74) is -0.315. The minimum absolute atomic E-state index is 0.131. The molecule has 7 heteroatoms. The van der Waals surface area contributed by atoms with Gasteiger partial charge in [0.25, 0.3) is 0 Å². The number of fused-ring (bicyclic) bond motifs is 5. The van der Waals surface area contributed by atoms with Crippen molar-refractivity contribution in [2.75, 3.05) is 18.6 Å². The zero-order valence-corrected chi connectivity index (χ0v) is 16.9. The zero-order chi connectivity index (χ0) is 19.3. The van der Waals surface area contributed by atoms with Crippen molar-refractivity contribution in [2.45, 2.75) is 32.1 Å². The summed E-state index contributed by atoms with van der Waals surface area (Å²) in [5.74, 6) is 1.79. The van der Waals surface area contributed by atoms with Crippen LogP contribution in [-0.4, -0.2) is 32.8 Å². The molecule has 1 aromatic rings. The summed E-state index contributed by atoms with van der Waals surface area (Å²) in [5, 5.41) is 0.131. The first-order valence-corrected chi connectivity index (χ1v) is 12.0. The molecule has 0 spiro atoms. The maximum Gasteiger partial charge on any atom is 0.180 e.